The second kappa shape index (κ2) is 10.1. The molecule has 0 aliphatic carbocycles. The minimum atomic E-state index is 0.206. The van der Waals surface area contributed by atoms with Gasteiger partial charge in [0.15, 0.2) is 0 Å². The maximum absolute atomic E-state index is 10.2. The van der Waals surface area contributed by atoms with E-state index in [0.29, 0.717) is 5.52 Å². The Kier molecular flexibility index (Phi) is 6.24. The quantitative estimate of drug-likeness (QED) is 0.250. The molecule has 0 atom stereocenters. The fourth-order valence-corrected chi connectivity index (χ4v) is 5.42. The summed E-state index contributed by atoms with van der Waals surface area (Å²) in [5, 5.41) is 11.1. The van der Waals surface area contributed by atoms with Crippen molar-refractivity contribution < 1.29 is 5.11 Å². The first kappa shape index (κ1) is 22.8. The van der Waals surface area contributed by atoms with Gasteiger partial charge in [0.2, 0.25) is 0 Å². The molecule has 2 aromatic heterocycles. The number of fused-ring (bicyclic) bond motifs is 1. The molecule has 1 N–H and O–H groups in total. The molecule has 6 rings (SSSR count). The highest BCUT2D eigenvalue weighted by atomic mass is 32.1. The molecule has 0 aliphatic heterocycles. The molecule has 0 amide bonds. The van der Waals surface area contributed by atoms with E-state index in [4.69, 9.17) is 0 Å². The molecule has 0 bridgehead atoms. The Bertz CT molecular complexity index is 1630. The Morgan fingerprint density at radius 3 is 2.00 bits per heavy atom. The van der Waals surface area contributed by atoms with Gasteiger partial charge in [-0.1, -0.05) is 60.7 Å². The number of nitrogens with zero attached hydrogens (tertiary/aromatic N) is 2. The number of aromatic hydroxyl groups is 1. The first-order valence-corrected chi connectivity index (χ1v) is 12.9. The van der Waals surface area contributed by atoms with Gasteiger partial charge in [0.25, 0.3) is 0 Å². The molecule has 0 unspecified atom stereocenters. The first-order valence-electron chi connectivity index (χ1n) is 12.1. The summed E-state index contributed by atoms with van der Waals surface area (Å²) >= 11 is 1.72. The molecule has 0 spiro atoms. The Morgan fingerprint density at radius 1 is 0.622 bits per heavy atom. The van der Waals surface area contributed by atoms with Crippen molar-refractivity contribution in [3.05, 3.63) is 138 Å². The standard InChI is InChI=1S/C33H24N2OS/c36-31-21-20-29(30-12-7-23-34-33(30)31)32-22-19-28(37-32)18-15-24-13-16-27(17-14-24)35(25-8-3-1-4-9-25)26-10-5-2-6-11-26/h1-23,36H/b18-15+. The van der Waals surface area contributed by atoms with Crippen LogP contribution in [0.15, 0.2) is 128 Å². The summed E-state index contributed by atoms with van der Waals surface area (Å²) in [6.07, 6.45) is 6.00. The third-order valence-electron chi connectivity index (χ3n) is 6.26. The zero-order valence-electron chi connectivity index (χ0n) is 20.0. The Balaban J connectivity index is 1.25. The van der Waals surface area contributed by atoms with Gasteiger partial charge in [0.05, 0.1) is 0 Å². The number of hydrogen-bond acceptors (Lipinski definition) is 4. The van der Waals surface area contributed by atoms with E-state index in [0.717, 1.165) is 38.5 Å². The number of benzene rings is 4. The third-order valence-corrected chi connectivity index (χ3v) is 7.34. The maximum atomic E-state index is 10.2. The van der Waals surface area contributed by atoms with E-state index in [2.05, 4.69) is 107 Å². The number of aromatic nitrogens is 1. The van der Waals surface area contributed by atoms with Gasteiger partial charge in [-0.2, -0.15) is 0 Å². The fourth-order valence-electron chi connectivity index (χ4n) is 4.47. The summed E-state index contributed by atoms with van der Waals surface area (Å²) in [6, 6.07) is 41.3. The van der Waals surface area contributed by atoms with Crippen LogP contribution in [0.1, 0.15) is 10.4 Å². The summed E-state index contributed by atoms with van der Waals surface area (Å²) in [6.45, 7) is 0. The largest absolute Gasteiger partial charge is 0.506 e. The molecule has 37 heavy (non-hydrogen) atoms. The lowest BCUT2D eigenvalue weighted by Gasteiger charge is -2.25. The van der Waals surface area contributed by atoms with E-state index in [1.165, 1.54) is 4.88 Å². The van der Waals surface area contributed by atoms with Crippen LogP contribution in [0.25, 0.3) is 33.5 Å². The Hall–Kier alpha value is -4.67. The van der Waals surface area contributed by atoms with Crippen LogP contribution >= 0.6 is 11.3 Å². The molecule has 178 valence electrons. The van der Waals surface area contributed by atoms with Crippen molar-refractivity contribution in [2.45, 2.75) is 0 Å². The molecule has 0 fully saturated rings. The monoisotopic (exact) mass is 496 g/mol. The summed E-state index contributed by atoms with van der Waals surface area (Å²) in [5.41, 5.74) is 6.21. The number of phenols is 1. The summed E-state index contributed by atoms with van der Waals surface area (Å²) in [4.78, 5) is 8.92. The fraction of sp³-hybridized carbons (Fsp3) is 0. The van der Waals surface area contributed by atoms with E-state index in [1.807, 2.05) is 30.3 Å². The van der Waals surface area contributed by atoms with Gasteiger partial charge >= 0.3 is 0 Å². The zero-order chi connectivity index (χ0) is 25.0. The summed E-state index contributed by atoms with van der Waals surface area (Å²) in [5.74, 6) is 0.206. The van der Waals surface area contributed by atoms with Crippen LogP contribution in [0.3, 0.4) is 0 Å². The van der Waals surface area contributed by atoms with Crippen molar-refractivity contribution >= 4 is 51.5 Å². The van der Waals surface area contributed by atoms with Crippen LogP contribution in [0.4, 0.5) is 17.1 Å². The number of hydrogen-bond donors (Lipinski definition) is 1. The van der Waals surface area contributed by atoms with Gasteiger partial charge in [-0.05, 0) is 78.4 Å². The lowest BCUT2D eigenvalue weighted by Crippen LogP contribution is -2.09. The molecule has 2 heterocycles. The van der Waals surface area contributed by atoms with Crippen molar-refractivity contribution in [1.82, 2.24) is 4.98 Å². The van der Waals surface area contributed by atoms with Crippen LogP contribution in [0, 0.1) is 0 Å². The molecule has 0 radical (unpaired) electrons. The number of pyridine rings is 1. The highest BCUT2D eigenvalue weighted by Gasteiger charge is 2.12. The molecule has 6 aromatic rings. The van der Waals surface area contributed by atoms with Crippen LogP contribution in [-0.2, 0) is 0 Å². The molecule has 0 saturated heterocycles. The van der Waals surface area contributed by atoms with Crippen molar-refractivity contribution in [2.24, 2.45) is 0 Å². The Labute approximate surface area is 220 Å². The normalized spacial score (nSPS) is 11.2. The number of phenolic OH excluding ortho intramolecular Hbond substituents is 1. The van der Waals surface area contributed by atoms with E-state index >= 15 is 0 Å². The van der Waals surface area contributed by atoms with Gasteiger partial charge in [-0.15, -0.1) is 11.3 Å². The van der Waals surface area contributed by atoms with Crippen molar-refractivity contribution in [1.29, 1.82) is 0 Å². The lowest BCUT2D eigenvalue weighted by molar-refractivity contribution is 0.480. The SMILES string of the molecule is Oc1ccc(-c2ccc(/C=C/c3ccc(N(c4ccccc4)c4ccccc4)cc3)s2)c2cccnc12. The van der Waals surface area contributed by atoms with Crippen LogP contribution in [-0.4, -0.2) is 10.1 Å². The van der Waals surface area contributed by atoms with Crippen LogP contribution < -0.4 is 4.90 Å². The number of thiophene rings is 1. The smallest absolute Gasteiger partial charge is 0.141 e. The van der Waals surface area contributed by atoms with Crippen LogP contribution in [0.5, 0.6) is 5.75 Å². The van der Waals surface area contributed by atoms with E-state index in [9.17, 15) is 5.11 Å². The molecular formula is C33H24N2OS. The van der Waals surface area contributed by atoms with E-state index in [1.54, 1.807) is 23.6 Å². The van der Waals surface area contributed by atoms with Gasteiger partial charge in [0, 0.05) is 44.0 Å². The summed E-state index contributed by atoms with van der Waals surface area (Å²) < 4.78 is 0. The third kappa shape index (κ3) is 4.75. The molecule has 3 nitrogen and oxygen atoms in total. The van der Waals surface area contributed by atoms with Gasteiger partial charge < -0.3 is 10.0 Å². The van der Waals surface area contributed by atoms with Gasteiger partial charge in [0.1, 0.15) is 11.3 Å². The molecule has 0 saturated carbocycles. The highest BCUT2D eigenvalue weighted by molar-refractivity contribution is 7.16. The van der Waals surface area contributed by atoms with Crippen molar-refractivity contribution in [3.63, 3.8) is 0 Å². The van der Waals surface area contributed by atoms with Gasteiger partial charge in [-0.3, -0.25) is 4.98 Å². The minimum absolute atomic E-state index is 0.206. The number of rotatable bonds is 6. The first-order chi connectivity index (χ1) is 18.3. The average Bonchev–Trinajstić information content (AvgIpc) is 3.43. The molecule has 0 aliphatic rings. The van der Waals surface area contributed by atoms with E-state index in [-0.39, 0.29) is 5.75 Å². The number of para-hydroxylation sites is 2. The predicted octanol–water partition coefficient (Wildman–Crippen LogP) is 9.31. The highest BCUT2D eigenvalue weighted by Crippen LogP contribution is 2.37. The number of anilines is 3. The lowest BCUT2D eigenvalue weighted by atomic mass is 10.1. The Morgan fingerprint density at radius 2 is 1.30 bits per heavy atom. The molecular weight excluding hydrogens is 472 g/mol. The molecule has 4 heteroatoms. The maximum Gasteiger partial charge on any atom is 0.141 e. The zero-order valence-corrected chi connectivity index (χ0v) is 20.8. The minimum Gasteiger partial charge on any atom is -0.506 e. The van der Waals surface area contributed by atoms with E-state index < -0.39 is 0 Å². The van der Waals surface area contributed by atoms with Crippen LogP contribution in [0.2, 0.25) is 0 Å². The van der Waals surface area contributed by atoms with Crippen molar-refractivity contribution in [2.75, 3.05) is 4.90 Å². The average molecular weight is 497 g/mol. The predicted molar refractivity (Wildman–Crippen MR) is 157 cm³/mol. The topological polar surface area (TPSA) is 36.4 Å². The second-order valence-corrected chi connectivity index (χ2v) is 9.78. The van der Waals surface area contributed by atoms with Crippen molar-refractivity contribution in [3.8, 4) is 16.2 Å². The van der Waals surface area contributed by atoms with Gasteiger partial charge in [-0.25, -0.2) is 0 Å². The summed E-state index contributed by atoms with van der Waals surface area (Å²) in [7, 11) is 0. The molecule has 4 aromatic carbocycles. The second-order valence-electron chi connectivity index (χ2n) is 8.67.